The van der Waals surface area contributed by atoms with E-state index in [4.69, 9.17) is 4.74 Å². The Labute approximate surface area is 102 Å². The highest BCUT2D eigenvalue weighted by molar-refractivity contribution is 5.94. The monoisotopic (exact) mass is 259 g/mol. The van der Waals surface area contributed by atoms with Crippen LogP contribution in [0.15, 0.2) is 12.1 Å². The minimum absolute atomic E-state index is 0.0951. The summed E-state index contributed by atoms with van der Waals surface area (Å²) >= 11 is 0. The molecule has 18 heavy (non-hydrogen) atoms. The third-order valence-corrected chi connectivity index (χ3v) is 2.79. The lowest BCUT2D eigenvalue weighted by Gasteiger charge is -2.11. The van der Waals surface area contributed by atoms with Crippen molar-refractivity contribution in [1.29, 1.82) is 0 Å². The average molecular weight is 259 g/mol. The molecule has 1 aliphatic heterocycles. The molecule has 1 fully saturated rings. The van der Waals surface area contributed by atoms with E-state index in [0.717, 1.165) is 25.0 Å². The number of hydrogen-bond donors (Lipinski definition) is 1. The Morgan fingerprint density at radius 1 is 1.33 bits per heavy atom. The van der Waals surface area contributed by atoms with Gasteiger partial charge < -0.3 is 10.1 Å². The lowest BCUT2D eigenvalue weighted by molar-refractivity contribution is 0.0853. The second kappa shape index (κ2) is 5.39. The summed E-state index contributed by atoms with van der Waals surface area (Å²) in [6.45, 7) is 0.872. The molecule has 98 valence electrons. The number of rotatable bonds is 3. The lowest BCUT2D eigenvalue weighted by Crippen LogP contribution is -2.32. The molecule has 2 rings (SSSR count). The normalized spacial score (nSPS) is 18.9. The van der Waals surface area contributed by atoms with Crippen LogP contribution in [-0.4, -0.2) is 25.2 Å². The fourth-order valence-corrected chi connectivity index (χ4v) is 1.81. The van der Waals surface area contributed by atoms with Crippen LogP contribution in [-0.2, 0) is 4.74 Å². The molecule has 1 saturated heterocycles. The first kappa shape index (κ1) is 12.9. The molecule has 0 unspecified atom stereocenters. The molecule has 0 aromatic heterocycles. The third kappa shape index (κ3) is 2.64. The largest absolute Gasteiger partial charge is 0.376 e. The van der Waals surface area contributed by atoms with E-state index in [1.165, 1.54) is 0 Å². The van der Waals surface area contributed by atoms with Gasteiger partial charge in [-0.15, -0.1) is 0 Å². The van der Waals surface area contributed by atoms with Crippen molar-refractivity contribution in [2.45, 2.75) is 18.9 Å². The maximum atomic E-state index is 13.3. The highest BCUT2D eigenvalue weighted by atomic mass is 19.2. The number of benzene rings is 1. The highest BCUT2D eigenvalue weighted by Crippen LogP contribution is 2.15. The van der Waals surface area contributed by atoms with Crippen LogP contribution in [0.1, 0.15) is 23.2 Å². The molecule has 0 radical (unpaired) electrons. The van der Waals surface area contributed by atoms with Gasteiger partial charge in [0.15, 0.2) is 17.5 Å². The smallest absolute Gasteiger partial charge is 0.254 e. The molecule has 0 saturated carbocycles. The fraction of sp³-hybridized carbons (Fsp3) is 0.417. The van der Waals surface area contributed by atoms with E-state index >= 15 is 0 Å². The van der Waals surface area contributed by atoms with Crippen molar-refractivity contribution in [3.8, 4) is 0 Å². The van der Waals surface area contributed by atoms with Gasteiger partial charge in [-0.1, -0.05) is 0 Å². The van der Waals surface area contributed by atoms with Crippen LogP contribution in [0.25, 0.3) is 0 Å². The van der Waals surface area contributed by atoms with E-state index in [1.54, 1.807) is 0 Å². The zero-order valence-electron chi connectivity index (χ0n) is 9.51. The van der Waals surface area contributed by atoms with E-state index in [-0.39, 0.29) is 12.6 Å². The van der Waals surface area contributed by atoms with E-state index in [0.29, 0.717) is 6.61 Å². The first-order chi connectivity index (χ1) is 8.59. The molecule has 1 heterocycles. The standard InChI is InChI=1S/C12H12F3NO2/c13-9-4-3-8(10(14)11(9)15)12(17)16-6-7-2-1-5-18-7/h3-4,7H,1-2,5-6H2,(H,16,17)/t7-/m0/s1. The van der Waals surface area contributed by atoms with Crippen molar-refractivity contribution >= 4 is 5.91 Å². The van der Waals surface area contributed by atoms with Crippen LogP contribution in [0.3, 0.4) is 0 Å². The van der Waals surface area contributed by atoms with Crippen LogP contribution >= 0.6 is 0 Å². The Morgan fingerprint density at radius 3 is 2.78 bits per heavy atom. The highest BCUT2D eigenvalue weighted by Gasteiger charge is 2.21. The van der Waals surface area contributed by atoms with Gasteiger partial charge >= 0.3 is 0 Å². The van der Waals surface area contributed by atoms with Crippen LogP contribution in [0.4, 0.5) is 13.2 Å². The molecule has 0 spiro atoms. The van der Waals surface area contributed by atoms with Gasteiger partial charge in [-0.25, -0.2) is 13.2 Å². The summed E-state index contributed by atoms with van der Waals surface area (Å²) in [6, 6.07) is 1.64. The van der Waals surface area contributed by atoms with Gasteiger partial charge in [0.25, 0.3) is 5.91 Å². The first-order valence-corrected chi connectivity index (χ1v) is 5.63. The Bertz CT molecular complexity index is 459. The minimum Gasteiger partial charge on any atom is -0.376 e. The summed E-state index contributed by atoms with van der Waals surface area (Å²) in [5.41, 5.74) is -0.508. The van der Waals surface area contributed by atoms with E-state index in [9.17, 15) is 18.0 Å². The second-order valence-electron chi connectivity index (χ2n) is 4.07. The van der Waals surface area contributed by atoms with Crippen molar-refractivity contribution in [3.05, 3.63) is 35.1 Å². The Morgan fingerprint density at radius 2 is 2.11 bits per heavy atom. The van der Waals surface area contributed by atoms with Gasteiger partial charge in [-0.3, -0.25) is 4.79 Å². The Kier molecular flexibility index (Phi) is 3.86. The summed E-state index contributed by atoms with van der Waals surface area (Å²) < 4.78 is 44.2. The van der Waals surface area contributed by atoms with E-state index < -0.39 is 28.9 Å². The van der Waals surface area contributed by atoms with Crippen LogP contribution in [0.5, 0.6) is 0 Å². The molecule has 6 heteroatoms. The van der Waals surface area contributed by atoms with Gasteiger partial charge in [0.2, 0.25) is 0 Å². The SMILES string of the molecule is O=C(NC[C@@H]1CCCO1)c1ccc(F)c(F)c1F. The predicted molar refractivity (Wildman–Crippen MR) is 57.6 cm³/mol. The molecule has 1 aromatic carbocycles. The summed E-state index contributed by atoms with van der Waals surface area (Å²) in [5.74, 6) is -5.20. The average Bonchev–Trinajstić information content (AvgIpc) is 2.86. The number of carbonyl (C=O) groups is 1. The molecule has 0 aliphatic carbocycles. The number of halogens is 3. The zero-order chi connectivity index (χ0) is 13.1. The number of amides is 1. The lowest BCUT2D eigenvalue weighted by atomic mass is 10.1. The number of carbonyl (C=O) groups excluding carboxylic acids is 1. The molecular weight excluding hydrogens is 247 g/mol. The van der Waals surface area contributed by atoms with Gasteiger partial charge in [-0.2, -0.15) is 0 Å². The van der Waals surface area contributed by atoms with E-state index in [1.807, 2.05) is 0 Å². The van der Waals surface area contributed by atoms with Gasteiger partial charge in [0, 0.05) is 13.2 Å². The van der Waals surface area contributed by atoms with Gasteiger partial charge in [0.05, 0.1) is 11.7 Å². The molecule has 1 N–H and O–H groups in total. The minimum atomic E-state index is -1.64. The number of hydrogen-bond acceptors (Lipinski definition) is 2. The topological polar surface area (TPSA) is 38.3 Å². The van der Waals surface area contributed by atoms with Crippen molar-refractivity contribution in [1.82, 2.24) is 5.32 Å². The number of nitrogens with one attached hydrogen (secondary N) is 1. The van der Waals surface area contributed by atoms with Gasteiger partial charge in [0.1, 0.15) is 0 Å². The predicted octanol–water partition coefficient (Wildman–Crippen LogP) is 2.01. The van der Waals surface area contributed by atoms with E-state index in [2.05, 4.69) is 5.32 Å². The molecule has 1 aliphatic rings. The van der Waals surface area contributed by atoms with Crippen molar-refractivity contribution in [2.24, 2.45) is 0 Å². The van der Waals surface area contributed by atoms with Gasteiger partial charge in [-0.05, 0) is 25.0 Å². The first-order valence-electron chi connectivity index (χ1n) is 5.63. The summed E-state index contributed by atoms with van der Waals surface area (Å²) in [6.07, 6.45) is 1.64. The van der Waals surface area contributed by atoms with Crippen molar-refractivity contribution in [2.75, 3.05) is 13.2 Å². The quantitative estimate of drug-likeness (QED) is 0.843. The maximum Gasteiger partial charge on any atom is 0.254 e. The molecule has 3 nitrogen and oxygen atoms in total. The Balaban J connectivity index is 2.02. The Hall–Kier alpha value is -1.56. The maximum absolute atomic E-state index is 13.3. The molecule has 1 amide bonds. The molecule has 1 aromatic rings. The van der Waals surface area contributed by atoms with Crippen LogP contribution < -0.4 is 5.32 Å². The summed E-state index contributed by atoms with van der Waals surface area (Å²) in [4.78, 5) is 11.6. The fourth-order valence-electron chi connectivity index (χ4n) is 1.81. The number of ether oxygens (including phenoxy) is 1. The summed E-state index contributed by atoms with van der Waals surface area (Å²) in [5, 5.41) is 2.44. The molecular formula is C12H12F3NO2. The van der Waals surface area contributed by atoms with Crippen molar-refractivity contribution in [3.63, 3.8) is 0 Å². The van der Waals surface area contributed by atoms with Crippen molar-refractivity contribution < 1.29 is 22.7 Å². The second-order valence-corrected chi connectivity index (χ2v) is 4.07. The third-order valence-electron chi connectivity index (χ3n) is 2.79. The van der Waals surface area contributed by atoms with Crippen LogP contribution in [0, 0.1) is 17.5 Å². The molecule has 1 atom stereocenters. The molecule has 0 bridgehead atoms. The van der Waals surface area contributed by atoms with Crippen LogP contribution in [0.2, 0.25) is 0 Å². The summed E-state index contributed by atoms with van der Waals surface area (Å²) in [7, 11) is 0. The zero-order valence-corrected chi connectivity index (χ0v) is 9.51.